The van der Waals surface area contributed by atoms with Gasteiger partial charge >= 0.3 is 0 Å². The molecule has 1 fully saturated rings. The fourth-order valence-electron chi connectivity index (χ4n) is 1.91. The summed E-state index contributed by atoms with van der Waals surface area (Å²) in [5.74, 6) is -0.450. The number of halogens is 3. The van der Waals surface area contributed by atoms with Crippen LogP contribution in [-0.2, 0) is 4.79 Å². The lowest BCUT2D eigenvalue weighted by Gasteiger charge is -2.19. The van der Waals surface area contributed by atoms with Crippen molar-refractivity contribution in [1.29, 1.82) is 0 Å². The molecule has 5 heteroatoms. The molecular formula is C12H12BrClFNO. The minimum atomic E-state index is -0.731. The highest BCUT2D eigenvalue weighted by molar-refractivity contribution is 9.10. The maximum Gasteiger partial charge on any atom is 0.245 e. The van der Waals surface area contributed by atoms with Gasteiger partial charge in [-0.1, -0.05) is 6.07 Å². The van der Waals surface area contributed by atoms with Crippen molar-refractivity contribution in [2.24, 2.45) is 0 Å². The van der Waals surface area contributed by atoms with Crippen LogP contribution in [0.4, 0.5) is 4.39 Å². The molecule has 92 valence electrons. The first-order valence-corrected chi connectivity index (χ1v) is 6.70. The van der Waals surface area contributed by atoms with E-state index in [0.29, 0.717) is 10.0 Å². The van der Waals surface area contributed by atoms with E-state index in [2.05, 4.69) is 15.9 Å². The lowest BCUT2D eigenvalue weighted by molar-refractivity contribution is -0.129. The standard InChI is InChI=1S/C12H12BrClFNO/c13-9-7-8(3-4-10(9)15)11(14)12(17)16-5-1-2-6-16/h3-4,7,11H,1-2,5-6H2. The largest absolute Gasteiger partial charge is 0.341 e. The zero-order valence-corrected chi connectivity index (χ0v) is 11.5. The molecule has 1 aromatic carbocycles. The number of benzene rings is 1. The van der Waals surface area contributed by atoms with Crippen LogP contribution in [0.15, 0.2) is 22.7 Å². The lowest BCUT2D eigenvalue weighted by atomic mass is 10.1. The fraction of sp³-hybridized carbons (Fsp3) is 0.417. The Morgan fingerprint density at radius 3 is 2.65 bits per heavy atom. The van der Waals surface area contributed by atoms with Crippen molar-refractivity contribution in [3.63, 3.8) is 0 Å². The van der Waals surface area contributed by atoms with E-state index >= 15 is 0 Å². The smallest absolute Gasteiger partial charge is 0.245 e. The first kappa shape index (κ1) is 12.8. The number of carbonyl (C=O) groups is 1. The van der Waals surface area contributed by atoms with Crippen molar-refractivity contribution >= 4 is 33.4 Å². The van der Waals surface area contributed by atoms with Gasteiger partial charge in [-0.2, -0.15) is 0 Å². The van der Waals surface area contributed by atoms with Crippen LogP contribution < -0.4 is 0 Å². The molecule has 0 radical (unpaired) electrons. The monoisotopic (exact) mass is 319 g/mol. The topological polar surface area (TPSA) is 20.3 Å². The second-order valence-electron chi connectivity index (χ2n) is 4.07. The highest BCUT2D eigenvalue weighted by atomic mass is 79.9. The molecule has 2 rings (SSSR count). The number of alkyl halides is 1. The summed E-state index contributed by atoms with van der Waals surface area (Å²) in [6.45, 7) is 1.54. The van der Waals surface area contributed by atoms with Crippen LogP contribution in [0.2, 0.25) is 0 Å². The van der Waals surface area contributed by atoms with Gasteiger partial charge in [-0.3, -0.25) is 4.79 Å². The summed E-state index contributed by atoms with van der Waals surface area (Å²) in [5, 5.41) is -0.731. The SMILES string of the molecule is O=C(C(Cl)c1ccc(F)c(Br)c1)N1CCCC1. The van der Waals surface area contributed by atoms with Gasteiger partial charge in [0.2, 0.25) is 5.91 Å². The van der Waals surface area contributed by atoms with E-state index < -0.39 is 5.38 Å². The van der Waals surface area contributed by atoms with E-state index in [0.717, 1.165) is 25.9 Å². The van der Waals surface area contributed by atoms with Gasteiger partial charge in [0.15, 0.2) is 0 Å². The highest BCUT2D eigenvalue weighted by Crippen LogP contribution is 2.28. The molecule has 1 aliphatic rings. The van der Waals surface area contributed by atoms with E-state index in [1.807, 2.05) is 0 Å². The molecule has 1 amide bonds. The third-order valence-corrected chi connectivity index (χ3v) is 3.92. The van der Waals surface area contributed by atoms with Crippen molar-refractivity contribution in [3.8, 4) is 0 Å². The second-order valence-corrected chi connectivity index (χ2v) is 5.36. The third kappa shape index (κ3) is 2.80. The summed E-state index contributed by atoms with van der Waals surface area (Å²) in [4.78, 5) is 13.8. The predicted octanol–water partition coefficient (Wildman–Crippen LogP) is 3.49. The van der Waals surface area contributed by atoms with Gasteiger partial charge < -0.3 is 4.90 Å². The van der Waals surface area contributed by atoms with E-state index in [4.69, 9.17) is 11.6 Å². The molecule has 2 nitrogen and oxygen atoms in total. The first-order valence-electron chi connectivity index (χ1n) is 5.47. The van der Waals surface area contributed by atoms with Crippen molar-refractivity contribution in [3.05, 3.63) is 34.1 Å². The molecule has 1 aliphatic heterocycles. The Bertz CT molecular complexity index is 435. The summed E-state index contributed by atoms with van der Waals surface area (Å²) in [7, 11) is 0. The molecule has 0 bridgehead atoms. The molecule has 0 aromatic heterocycles. The van der Waals surface area contributed by atoms with Gasteiger partial charge in [0, 0.05) is 13.1 Å². The van der Waals surface area contributed by atoms with Crippen LogP contribution in [0.5, 0.6) is 0 Å². The number of nitrogens with zero attached hydrogens (tertiary/aromatic N) is 1. The number of amides is 1. The normalized spacial score (nSPS) is 17.2. The summed E-state index contributed by atoms with van der Waals surface area (Å²) >= 11 is 9.22. The van der Waals surface area contributed by atoms with Crippen LogP contribution in [0.3, 0.4) is 0 Å². The van der Waals surface area contributed by atoms with Crippen LogP contribution in [0.1, 0.15) is 23.8 Å². The van der Waals surface area contributed by atoms with E-state index in [-0.39, 0.29) is 11.7 Å². The Kier molecular flexibility index (Phi) is 4.05. The van der Waals surface area contributed by atoms with E-state index in [9.17, 15) is 9.18 Å². The van der Waals surface area contributed by atoms with Gasteiger partial charge in [0.1, 0.15) is 11.2 Å². The van der Waals surface area contributed by atoms with Crippen molar-refractivity contribution < 1.29 is 9.18 Å². The van der Waals surface area contributed by atoms with E-state index in [1.54, 1.807) is 17.0 Å². The zero-order chi connectivity index (χ0) is 12.4. The van der Waals surface area contributed by atoms with Crippen LogP contribution in [0, 0.1) is 5.82 Å². The number of rotatable bonds is 2. The van der Waals surface area contributed by atoms with Crippen LogP contribution in [0.25, 0.3) is 0 Å². The number of likely N-dealkylation sites (tertiary alicyclic amines) is 1. The molecule has 17 heavy (non-hydrogen) atoms. The molecule has 1 heterocycles. The van der Waals surface area contributed by atoms with Crippen molar-refractivity contribution in [2.75, 3.05) is 13.1 Å². The zero-order valence-electron chi connectivity index (χ0n) is 9.13. The Morgan fingerprint density at radius 2 is 2.06 bits per heavy atom. The van der Waals surface area contributed by atoms with Gasteiger partial charge in [-0.25, -0.2) is 4.39 Å². The molecular weight excluding hydrogens is 308 g/mol. The molecule has 0 aliphatic carbocycles. The van der Waals surface area contributed by atoms with Crippen LogP contribution >= 0.6 is 27.5 Å². The van der Waals surface area contributed by atoms with Gasteiger partial charge in [-0.05, 0) is 46.5 Å². The second kappa shape index (κ2) is 5.36. The fourth-order valence-corrected chi connectivity index (χ4v) is 2.58. The Morgan fingerprint density at radius 1 is 1.41 bits per heavy atom. The minimum absolute atomic E-state index is 0.0947. The average molecular weight is 321 g/mol. The minimum Gasteiger partial charge on any atom is -0.341 e. The quantitative estimate of drug-likeness (QED) is 0.764. The molecule has 1 atom stereocenters. The first-order chi connectivity index (χ1) is 8.09. The van der Waals surface area contributed by atoms with Crippen molar-refractivity contribution in [1.82, 2.24) is 4.90 Å². The molecule has 0 saturated carbocycles. The molecule has 1 unspecified atom stereocenters. The number of hydrogen-bond acceptors (Lipinski definition) is 1. The number of carbonyl (C=O) groups excluding carboxylic acids is 1. The summed E-state index contributed by atoms with van der Waals surface area (Å²) in [6.07, 6.45) is 2.06. The molecule has 1 saturated heterocycles. The summed E-state index contributed by atoms with van der Waals surface area (Å²) < 4.78 is 13.4. The Hall–Kier alpha value is -0.610. The average Bonchev–Trinajstić information content (AvgIpc) is 2.84. The third-order valence-electron chi connectivity index (χ3n) is 2.87. The van der Waals surface area contributed by atoms with Crippen molar-refractivity contribution in [2.45, 2.75) is 18.2 Å². The van der Waals surface area contributed by atoms with Gasteiger partial charge in [0.05, 0.1) is 4.47 Å². The summed E-state index contributed by atoms with van der Waals surface area (Å²) in [5.41, 5.74) is 0.622. The van der Waals surface area contributed by atoms with Crippen LogP contribution in [-0.4, -0.2) is 23.9 Å². The maximum absolute atomic E-state index is 13.1. The highest BCUT2D eigenvalue weighted by Gasteiger charge is 2.26. The Labute approximate surface area is 113 Å². The Balaban J connectivity index is 2.15. The van der Waals surface area contributed by atoms with Gasteiger partial charge in [-0.15, -0.1) is 11.6 Å². The van der Waals surface area contributed by atoms with E-state index in [1.165, 1.54) is 6.07 Å². The number of hydrogen-bond donors (Lipinski definition) is 0. The maximum atomic E-state index is 13.1. The van der Waals surface area contributed by atoms with Gasteiger partial charge in [0.25, 0.3) is 0 Å². The predicted molar refractivity (Wildman–Crippen MR) is 68.5 cm³/mol. The molecule has 0 N–H and O–H groups in total. The molecule has 1 aromatic rings. The lowest BCUT2D eigenvalue weighted by Crippen LogP contribution is -2.30. The summed E-state index contributed by atoms with van der Waals surface area (Å²) in [6, 6.07) is 4.42. The molecule has 0 spiro atoms.